The molecule has 8 nitrogen and oxygen atoms in total. The second-order valence-electron chi connectivity index (χ2n) is 6.58. The molecule has 1 N–H and O–H groups in total. The molecule has 0 unspecified atom stereocenters. The third-order valence-electron chi connectivity index (χ3n) is 4.84. The fourth-order valence-electron chi connectivity index (χ4n) is 3.51. The number of anilines is 2. The van der Waals surface area contributed by atoms with Crippen LogP contribution in [0.3, 0.4) is 0 Å². The molecule has 2 aromatic heterocycles. The summed E-state index contributed by atoms with van der Waals surface area (Å²) in [6.07, 6.45) is 4.44. The molecule has 4 rings (SSSR count). The summed E-state index contributed by atoms with van der Waals surface area (Å²) in [7, 11) is 1.10. The molecule has 1 aliphatic rings. The van der Waals surface area contributed by atoms with Gasteiger partial charge in [-0.2, -0.15) is 5.10 Å². The van der Waals surface area contributed by atoms with E-state index in [1.54, 1.807) is 12.3 Å². The standard InChI is InChI=1S/C19H17F2N5O3/c1-29-19(28)18(27)23-14-10-22-26-8-6-16(24-17(14)26)25-7-2-3-15(25)12-9-11(20)4-5-13(12)21/h4-6,8-10,15H,2-3,7H2,1H3,(H,23,27)/t15-/m1/s1. The van der Waals surface area contributed by atoms with Crippen molar-refractivity contribution in [2.24, 2.45) is 0 Å². The average Bonchev–Trinajstić information content (AvgIpc) is 3.36. The lowest BCUT2D eigenvalue weighted by Gasteiger charge is -2.26. The predicted molar refractivity (Wildman–Crippen MR) is 99.3 cm³/mol. The van der Waals surface area contributed by atoms with Gasteiger partial charge in [0.05, 0.1) is 19.3 Å². The van der Waals surface area contributed by atoms with Crippen molar-refractivity contribution in [3.8, 4) is 0 Å². The van der Waals surface area contributed by atoms with Crippen LogP contribution < -0.4 is 10.2 Å². The summed E-state index contributed by atoms with van der Waals surface area (Å²) in [5.74, 6) is -2.44. The molecule has 29 heavy (non-hydrogen) atoms. The van der Waals surface area contributed by atoms with Crippen molar-refractivity contribution >= 4 is 29.0 Å². The molecular weight excluding hydrogens is 384 g/mol. The third kappa shape index (κ3) is 3.48. The van der Waals surface area contributed by atoms with Crippen LogP contribution in [-0.2, 0) is 14.3 Å². The number of ether oxygens (including phenoxy) is 1. The minimum Gasteiger partial charge on any atom is -0.462 e. The number of carbonyl (C=O) groups is 2. The van der Waals surface area contributed by atoms with E-state index in [0.29, 0.717) is 24.4 Å². The van der Waals surface area contributed by atoms with Gasteiger partial charge < -0.3 is 15.0 Å². The van der Waals surface area contributed by atoms with Crippen molar-refractivity contribution in [1.29, 1.82) is 0 Å². The molecule has 1 saturated heterocycles. The first-order valence-electron chi connectivity index (χ1n) is 8.93. The predicted octanol–water partition coefficient (Wildman–Crippen LogP) is 2.46. The number of esters is 1. The number of carbonyl (C=O) groups excluding carboxylic acids is 2. The zero-order chi connectivity index (χ0) is 20.5. The quantitative estimate of drug-likeness (QED) is 0.536. The van der Waals surface area contributed by atoms with E-state index in [4.69, 9.17) is 0 Å². The normalized spacial score (nSPS) is 16.2. The van der Waals surface area contributed by atoms with Crippen LogP contribution in [0.4, 0.5) is 20.3 Å². The number of nitrogens with zero attached hydrogens (tertiary/aromatic N) is 4. The highest BCUT2D eigenvalue weighted by molar-refractivity contribution is 6.37. The molecule has 1 atom stereocenters. The summed E-state index contributed by atoms with van der Waals surface area (Å²) in [6.45, 7) is 0.613. The van der Waals surface area contributed by atoms with E-state index in [1.165, 1.54) is 16.8 Å². The highest BCUT2D eigenvalue weighted by Crippen LogP contribution is 2.37. The van der Waals surface area contributed by atoms with Crippen LogP contribution in [-0.4, -0.2) is 40.1 Å². The van der Waals surface area contributed by atoms with Gasteiger partial charge in [-0.3, -0.25) is 4.79 Å². The number of aromatic nitrogens is 3. The summed E-state index contributed by atoms with van der Waals surface area (Å²) >= 11 is 0. The summed E-state index contributed by atoms with van der Waals surface area (Å²) in [5, 5.41) is 6.49. The first-order valence-corrected chi connectivity index (χ1v) is 8.93. The number of hydrogen-bond acceptors (Lipinski definition) is 6. The fraction of sp³-hybridized carbons (Fsp3) is 0.263. The SMILES string of the molecule is COC(=O)C(=O)Nc1cnn2ccc(N3CCC[C@@H]3c3cc(F)ccc3F)nc12. The van der Waals surface area contributed by atoms with Crippen molar-refractivity contribution in [2.75, 3.05) is 23.9 Å². The lowest BCUT2D eigenvalue weighted by Crippen LogP contribution is -2.25. The van der Waals surface area contributed by atoms with Crippen molar-refractivity contribution in [3.05, 3.63) is 53.9 Å². The number of benzene rings is 1. The molecule has 0 radical (unpaired) electrons. The summed E-state index contributed by atoms with van der Waals surface area (Å²) in [6, 6.07) is 4.76. The fourth-order valence-corrected chi connectivity index (χ4v) is 3.51. The molecule has 0 saturated carbocycles. The maximum atomic E-state index is 14.3. The molecule has 1 aliphatic heterocycles. The first-order chi connectivity index (χ1) is 14.0. The minimum atomic E-state index is -1.04. The molecule has 0 spiro atoms. The van der Waals surface area contributed by atoms with Gasteiger partial charge in [-0.15, -0.1) is 0 Å². The van der Waals surface area contributed by atoms with E-state index >= 15 is 0 Å². The van der Waals surface area contributed by atoms with Crippen LogP contribution in [0.5, 0.6) is 0 Å². The van der Waals surface area contributed by atoms with Crippen LogP contribution in [0.25, 0.3) is 5.65 Å². The molecule has 10 heteroatoms. The molecule has 3 heterocycles. The van der Waals surface area contributed by atoms with Gasteiger partial charge in [0.2, 0.25) is 0 Å². The Hall–Kier alpha value is -3.56. The molecular formula is C19H17F2N5O3. The average molecular weight is 401 g/mol. The van der Waals surface area contributed by atoms with Gasteiger partial charge in [0.1, 0.15) is 23.1 Å². The number of halogens is 2. The maximum Gasteiger partial charge on any atom is 0.396 e. The van der Waals surface area contributed by atoms with Crippen molar-refractivity contribution in [1.82, 2.24) is 14.6 Å². The lowest BCUT2D eigenvalue weighted by molar-refractivity contribution is -0.150. The zero-order valence-electron chi connectivity index (χ0n) is 15.4. The van der Waals surface area contributed by atoms with Gasteiger partial charge in [-0.1, -0.05) is 0 Å². The van der Waals surface area contributed by atoms with Gasteiger partial charge in [0.25, 0.3) is 0 Å². The Morgan fingerprint density at radius 2 is 2.10 bits per heavy atom. The van der Waals surface area contributed by atoms with Gasteiger partial charge in [0.15, 0.2) is 5.65 Å². The number of methoxy groups -OCH3 is 1. The van der Waals surface area contributed by atoms with E-state index in [-0.39, 0.29) is 17.3 Å². The van der Waals surface area contributed by atoms with E-state index in [9.17, 15) is 18.4 Å². The maximum absolute atomic E-state index is 14.3. The summed E-state index contributed by atoms with van der Waals surface area (Å²) < 4.78 is 33.8. The second kappa shape index (κ2) is 7.46. The lowest BCUT2D eigenvalue weighted by atomic mass is 10.0. The van der Waals surface area contributed by atoms with Gasteiger partial charge in [-0.25, -0.2) is 23.1 Å². The number of amides is 1. The van der Waals surface area contributed by atoms with Crippen LogP contribution in [0.2, 0.25) is 0 Å². The number of fused-ring (bicyclic) bond motifs is 1. The first kappa shape index (κ1) is 18.8. The van der Waals surface area contributed by atoms with Gasteiger partial charge in [-0.05, 0) is 37.1 Å². The largest absolute Gasteiger partial charge is 0.462 e. The van der Waals surface area contributed by atoms with Crippen molar-refractivity contribution in [2.45, 2.75) is 18.9 Å². The molecule has 0 aliphatic carbocycles. The van der Waals surface area contributed by atoms with Crippen LogP contribution in [0.1, 0.15) is 24.4 Å². The van der Waals surface area contributed by atoms with E-state index in [2.05, 4.69) is 20.1 Å². The van der Waals surface area contributed by atoms with Crippen molar-refractivity contribution < 1.29 is 23.1 Å². The van der Waals surface area contributed by atoms with Crippen LogP contribution in [0, 0.1) is 11.6 Å². The second-order valence-corrected chi connectivity index (χ2v) is 6.58. The highest BCUT2D eigenvalue weighted by Gasteiger charge is 2.30. The smallest absolute Gasteiger partial charge is 0.396 e. The number of rotatable bonds is 3. The molecule has 1 amide bonds. The summed E-state index contributed by atoms with van der Waals surface area (Å²) in [5.41, 5.74) is 0.817. The monoisotopic (exact) mass is 401 g/mol. The Morgan fingerprint density at radius 3 is 2.90 bits per heavy atom. The van der Waals surface area contributed by atoms with Crippen LogP contribution >= 0.6 is 0 Å². The minimum absolute atomic E-state index is 0.231. The topological polar surface area (TPSA) is 88.8 Å². The summed E-state index contributed by atoms with van der Waals surface area (Å²) in [4.78, 5) is 29.6. The molecule has 3 aromatic rings. The number of hydrogen-bond donors (Lipinski definition) is 1. The van der Waals surface area contributed by atoms with Crippen molar-refractivity contribution in [3.63, 3.8) is 0 Å². The van der Waals surface area contributed by atoms with E-state index < -0.39 is 23.5 Å². The van der Waals surface area contributed by atoms with E-state index in [1.807, 2.05) is 4.90 Å². The Morgan fingerprint density at radius 1 is 1.28 bits per heavy atom. The Balaban J connectivity index is 1.68. The Kier molecular flexibility index (Phi) is 4.83. The number of nitrogens with one attached hydrogen (secondary N) is 1. The Labute approximate surface area is 164 Å². The van der Waals surface area contributed by atoms with Crippen LogP contribution in [0.15, 0.2) is 36.7 Å². The highest BCUT2D eigenvalue weighted by atomic mass is 19.1. The molecule has 0 bridgehead atoms. The molecule has 1 aromatic carbocycles. The molecule has 1 fully saturated rings. The zero-order valence-corrected chi connectivity index (χ0v) is 15.4. The molecule has 150 valence electrons. The third-order valence-corrected chi connectivity index (χ3v) is 4.84. The van der Waals surface area contributed by atoms with Gasteiger partial charge >= 0.3 is 11.9 Å². The van der Waals surface area contributed by atoms with Gasteiger partial charge in [0, 0.05) is 18.3 Å². The van der Waals surface area contributed by atoms with E-state index in [0.717, 1.165) is 25.7 Å². The Bertz CT molecular complexity index is 1100.